The first-order chi connectivity index (χ1) is 9.04. The molecule has 0 spiro atoms. The smallest absolute Gasteiger partial charge is 0.323 e. The first-order valence-corrected chi connectivity index (χ1v) is 5.72. The van der Waals surface area contributed by atoms with E-state index in [1.54, 1.807) is 30.3 Å². The second-order valence-corrected chi connectivity index (χ2v) is 3.92. The Bertz CT molecular complexity index is 459. The number of hydrogen-bond donors (Lipinski definition) is 2. The van der Waals surface area contributed by atoms with Crippen LogP contribution in [0.2, 0.25) is 0 Å². The molecule has 6 nitrogen and oxygen atoms in total. The lowest BCUT2D eigenvalue weighted by atomic mass is 10.1. The highest BCUT2D eigenvalue weighted by atomic mass is 16.5. The number of hydrogen-bond acceptors (Lipinski definition) is 5. The molecule has 0 aliphatic rings. The first-order valence-electron chi connectivity index (χ1n) is 5.72. The number of carbonyl (C=O) groups excluding carboxylic acids is 3. The average Bonchev–Trinajstić information content (AvgIpc) is 2.42. The van der Waals surface area contributed by atoms with Crippen LogP contribution in [0.1, 0.15) is 16.8 Å². The predicted octanol–water partition coefficient (Wildman–Crippen LogP) is -0.124. The molecule has 19 heavy (non-hydrogen) atoms. The highest BCUT2D eigenvalue weighted by Crippen LogP contribution is 2.00. The molecule has 0 aliphatic carbocycles. The van der Waals surface area contributed by atoms with Crippen molar-refractivity contribution < 1.29 is 19.1 Å². The van der Waals surface area contributed by atoms with Gasteiger partial charge in [0.05, 0.1) is 20.1 Å². The van der Waals surface area contributed by atoms with Crippen LogP contribution in [0.4, 0.5) is 0 Å². The summed E-state index contributed by atoms with van der Waals surface area (Å²) in [6, 6.07) is 7.73. The third kappa shape index (κ3) is 4.89. The van der Waals surface area contributed by atoms with Gasteiger partial charge >= 0.3 is 5.97 Å². The van der Waals surface area contributed by atoms with Crippen LogP contribution in [0, 0.1) is 0 Å². The van der Waals surface area contributed by atoms with Gasteiger partial charge in [0, 0.05) is 5.56 Å². The highest BCUT2D eigenvalue weighted by Gasteiger charge is 2.21. The lowest BCUT2D eigenvalue weighted by Gasteiger charge is -2.14. The average molecular weight is 264 g/mol. The number of rotatable bonds is 7. The Hall–Kier alpha value is -2.21. The van der Waals surface area contributed by atoms with Crippen LogP contribution in [0.5, 0.6) is 0 Å². The molecular formula is C13H16N2O4. The molecule has 1 amide bonds. The van der Waals surface area contributed by atoms with Gasteiger partial charge in [0.2, 0.25) is 5.91 Å². The van der Waals surface area contributed by atoms with Crippen molar-refractivity contribution in [2.45, 2.75) is 12.5 Å². The lowest BCUT2D eigenvalue weighted by molar-refractivity contribution is -0.144. The normalized spacial score (nSPS) is 11.6. The number of primary amides is 1. The summed E-state index contributed by atoms with van der Waals surface area (Å²) in [5.74, 6) is -1.45. The second kappa shape index (κ2) is 7.27. The molecule has 102 valence electrons. The molecule has 0 saturated carbocycles. The maximum Gasteiger partial charge on any atom is 0.323 e. The van der Waals surface area contributed by atoms with Gasteiger partial charge in [0.15, 0.2) is 5.78 Å². The summed E-state index contributed by atoms with van der Waals surface area (Å²) in [5, 5.41) is 2.68. The van der Waals surface area contributed by atoms with Crippen molar-refractivity contribution in [3.63, 3.8) is 0 Å². The Morgan fingerprint density at radius 3 is 2.42 bits per heavy atom. The Morgan fingerprint density at radius 1 is 1.26 bits per heavy atom. The Balaban J connectivity index is 2.59. The second-order valence-electron chi connectivity index (χ2n) is 3.92. The highest BCUT2D eigenvalue weighted by molar-refractivity contribution is 5.98. The summed E-state index contributed by atoms with van der Waals surface area (Å²) >= 11 is 0. The van der Waals surface area contributed by atoms with Gasteiger partial charge in [-0.25, -0.2) is 0 Å². The van der Waals surface area contributed by atoms with E-state index >= 15 is 0 Å². The fourth-order valence-corrected chi connectivity index (χ4v) is 1.52. The Morgan fingerprint density at radius 2 is 1.89 bits per heavy atom. The summed E-state index contributed by atoms with van der Waals surface area (Å²) in [6.45, 7) is -0.0724. The molecular weight excluding hydrogens is 248 g/mol. The van der Waals surface area contributed by atoms with Crippen molar-refractivity contribution in [1.29, 1.82) is 0 Å². The minimum Gasteiger partial charge on any atom is -0.468 e. The van der Waals surface area contributed by atoms with Crippen molar-refractivity contribution in [1.82, 2.24) is 5.32 Å². The van der Waals surface area contributed by atoms with E-state index in [0.717, 1.165) is 0 Å². The minimum absolute atomic E-state index is 0.0724. The molecule has 0 bridgehead atoms. The molecule has 0 heterocycles. The summed E-state index contributed by atoms with van der Waals surface area (Å²) in [4.78, 5) is 34.0. The van der Waals surface area contributed by atoms with Gasteiger partial charge in [-0.15, -0.1) is 0 Å². The molecule has 0 aliphatic heterocycles. The maximum atomic E-state index is 11.8. The van der Waals surface area contributed by atoms with Crippen molar-refractivity contribution >= 4 is 17.7 Å². The SMILES string of the molecule is COC(=O)[C@H](CC(N)=O)NCC(=O)c1ccccc1. The monoisotopic (exact) mass is 264 g/mol. The number of Topliss-reactive ketones (excluding diaryl/α,β-unsaturated/α-hetero) is 1. The van der Waals surface area contributed by atoms with Gasteiger partial charge in [-0.2, -0.15) is 0 Å². The van der Waals surface area contributed by atoms with E-state index in [1.807, 2.05) is 0 Å². The zero-order valence-electron chi connectivity index (χ0n) is 10.6. The van der Waals surface area contributed by atoms with Crippen LogP contribution in [-0.4, -0.2) is 37.4 Å². The molecule has 0 aromatic heterocycles. The first kappa shape index (κ1) is 14.8. The number of benzene rings is 1. The number of carbonyl (C=O) groups is 3. The van der Waals surface area contributed by atoms with Crippen LogP contribution < -0.4 is 11.1 Å². The number of methoxy groups -OCH3 is 1. The number of amides is 1. The fraction of sp³-hybridized carbons (Fsp3) is 0.308. The molecule has 1 atom stereocenters. The Labute approximate surface area is 110 Å². The molecule has 3 N–H and O–H groups in total. The van der Waals surface area contributed by atoms with E-state index in [1.165, 1.54) is 7.11 Å². The zero-order valence-corrected chi connectivity index (χ0v) is 10.6. The van der Waals surface area contributed by atoms with Gasteiger partial charge in [-0.1, -0.05) is 30.3 Å². The van der Waals surface area contributed by atoms with Gasteiger partial charge in [-0.3, -0.25) is 19.7 Å². The molecule has 1 rings (SSSR count). The fourth-order valence-electron chi connectivity index (χ4n) is 1.52. The zero-order chi connectivity index (χ0) is 14.3. The largest absolute Gasteiger partial charge is 0.468 e. The topological polar surface area (TPSA) is 98.5 Å². The number of nitrogens with one attached hydrogen (secondary N) is 1. The molecule has 0 saturated heterocycles. The number of ketones is 1. The maximum absolute atomic E-state index is 11.8. The van der Waals surface area contributed by atoms with Gasteiger partial charge in [0.25, 0.3) is 0 Å². The standard InChI is InChI=1S/C13H16N2O4/c1-19-13(18)10(7-12(14)17)15-8-11(16)9-5-3-2-4-6-9/h2-6,10,15H,7-8H2,1H3,(H2,14,17)/t10-/m0/s1. The molecule has 0 fully saturated rings. The van der Waals surface area contributed by atoms with Crippen LogP contribution >= 0.6 is 0 Å². The van der Waals surface area contributed by atoms with Crippen LogP contribution in [0.25, 0.3) is 0 Å². The molecule has 1 aromatic rings. The van der Waals surface area contributed by atoms with E-state index < -0.39 is 17.9 Å². The van der Waals surface area contributed by atoms with E-state index in [4.69, 9.17) is 5.73 Å². The summed E-state index contributed by atoms with van der Waals surface area (Å²) < 4.78 is 4.53. The van der Waals surface area contributed by atoms with Crippen molar-refractivity contribution in [2.24, 2.45) is 5.73 Å². The van der Waals surface area contributed by atoms with Crippen LogP contribution in [-0.2, 0) is 14.3 Å². The van der Waals surface area contributed by atoms with Crippen molar-refractivity contribution in [2.75, 3.05) is 13.7 Å². The van der Waals surface area contributed by atoms with E-state index in [9.17, 15) is 14.4 Å². The molecule has 0 radical (unpaired) electrons. The third-order valence-electron chi connectivity index (χ3n) is 2.50. The van der Waals surface area contributed by atoms with E-state index in [-0.39, 0.29) is 18.7 Å². The Kier molecular flexibility index (Phi) is 5.69. The van der Waals surface area contributed by atoms with Crippen LogP contribution in [0.3, 0.4) is 0 Å². The van der Waals surface area contributed by atoms with Crippen molar-refractivity contribution in [3.05, 3.63) is 35.9 Å². The summed E-state index contributed by atoms with van der Waals surface area (Å²) in [5.41, 5.74) is 5.56. The molecule has 0 unspecified atom stereocenters. The third-order valence-corrected chi connectivity index (χ3v) is 2.50. The van der Waals surface area contributed by atoms with Gasteiger partial charge in [0.1, 0.15) is 6.04 Å². The quantitative estimate of drug-likeness (QED) is 0.528. The number of esters is 1. The van der Waals surface area contributed by atoms with Gasteiger partial charge < -0.3 is 10.5 Å². The predicted molar refractivity (Wildman–Crippen MR) is 68.4 cm³/mol. The molecule has 1 aromatic carbocycles. The summed E-state index contributed by atoms with van der Waals surface area (Å²) in [6.07, 6.45) is -0.214. The molecule has 6 heteroatoms. The van der Waals surface area contributed by atoms with Crippen molar-refractivity contribution in [3.8, 4) is 0 Å². The minimum atomic E-state index is -0.907. The van der Waals surface area contributed by atoms with Crippen LogP contribution in [0.15, 0.2) is 30.3 Å². The number of nitrogens with two attached hydrogens (primary N) is 1. The van der Waals surface area contributed by atoms with Gasteiger partial charge in [-0.05, 0) is 0 Å². The lowest BCUT2D eigenvalue weighted by Crippen LogP contribution is -2.43. The van der Waals surface area contributed by atoms with E-state index in [2.05, 4.69) is 10.1 Å². The van der Waals surface area contributed by atoms with E-state index in [0.29, 0.717) is 5.56 Å². The number of ether oxygens (including phenoxy) is 1. The summed E-state index contributed by atoms with van der Waals surface area (Å²) in [7, 11) is 1.21.